The van der Waals surface area contributed by atoms with Crippen molar-refractivity contribution in [2.45, 2.75) is 52.0 Å². The molecule has 0 aromatic carbocycles. The van der Waals surface area contributed by atoms with Crippen molar-refractivity contribution in [3.63, 3.8) is 0 Å². The molecule has 4 heteroatoms. The topological polar surface area (TPSA) is 46.9 Å². The van der Waals surface area contributed by atoms with Gasteiger partial charge in [-0.1, -0.05) is 32.1 Å². The second-order valence-corrected chi connectivity index (χ2v) is 5.09. The normalized spacial score (nSPS) is 16.7. The molecule has 4 nitrogen and oxygen atoms in total. The predicted octanol–water partition coefficient (Wildman–Crippen LogP) is 2.65. The molecule has 2 rings (SSSR count). The largest absolute Gasteiger partial charge is 0.365 e. The van der Waals surface area contributed by atoms with Gasteiger partial charge in [-0.2, -0.15) is 0 Å². The lowest BCUT2D eigenvalue weighted by molar-refractivity contribution is 0.345. The van der Waals surface area contributed by atoms with Crippen LogP contribution < -0.4 is 10.9 Å². The molecule has 1 saturated carbocycles. The zero-order valence-electron chi connectivity index (χ0n) is 11.2. The van der Waals surface area contributed by atoms with Gasteiger partial charge < -0.3 is 9.88 Å². The molecule has 1 aliphatic rings. The first-order chi connectivity index (χ1) is 8.81. The van der Waals surface area contributed by atoms with Crippen molar-refractivity contribution >= 4 is 5.82 Å². The summed E-state index contributed by atoms with van der Waals surface area (Å²) < 4.78 is 1.68. The summed E-state index contributed by atoms with van der Waals surface area (Å²) in [5.41, 5.74) is -0.0105. The Labute approximate surface area is 108 Å². The average molecular weight is 249 g/mol. The maximum absolute atomic E-state index is 11.9. The van der Waals surface area contributed by atoms with Gasteiger partial charge in [0.1, 0.15) is 0 Å². The molecule has 1 aromatic heterocycles. The number of hydrogen-bond acceptors (Lipinski definition) is 3. The quantitative estimate of drug-likeness (QED) is 0.872. The van der Waals surface area contributed by atoms with Gasteiger partial charge in [-0.15, -0.1) is 0 Å². The van der Waals surface area contributed by atoms with E-state index < -0.39 is 0 Å². The highest BCUT2D eigenvalue weighted by molar-refractivity contribution is 5.30. The van der Waals surface area contributed by atoms with Crippen LogP contribution in [0, 0.1) is 5.92 Å². The number of rotatable bonds is 5. The fourth-order valence-electron chi connectivity index (χ4n) is 2.69. The lowest BCUT2D eigenvalue weighted by Crippen LogP contribution is -2.24. The summed E-state index contributed by atoms with van der Waals surface area (Å²) in [4.78, 5) is 16.0. The Bertz CT molecular complexity index is 421. The Hall–Kier alpha value is -1.32. The maximum atomic E-state index is 11.9. The number of nitrogens with zero attached hydrogens (tertiary/aromatic N) is 2. The average Bonchev–Trinajstić information content (AvgIpc) is 2.42. The highest BCUT2D eigenvalue weighted by Gasteiger charge is 2.13. The number of aryl methyl sites for hydroxylation is 1. The molecule has 0 amide bonds. The van der Waals surface area contributed by atoms with Crippen LogP contribution in [0.3, 0.4) is 0 Å². The minimum atomic E-state index is -0.0105. The van der Waals surface area contributed by atoms with Crippen molar-refractivity contribution in [2.24, 2.45) is 5.92 Å². The Morgan fingerprint density at radius 3 is 2.89 bits per heavy atom. The van der Waals surface area contributed by atoms with Crippen LogP contribution in [0.1, 0.15) is 45.4 Å². The summed E-state index contributed by atoms with van der Waals surface area (Å²) in [6, 6.07) is 0. The Balaban J connectivity index is 1.84. The molecule has 100 valence electrons. The van der Waals surface area contributed by atoms with Crippen LogP contribution in [-0.2, 0) is 6.54 Å². The third kappa shape index (κ3) is 3.34. The molecule has 0 bridgehead atoms. The SMILES string of the molecule is CCn1ccnc(NCCC2CCCCC2)c1=O. The fourth-order valence-corrected chi connectivity index (χ4v) is 2.69. The van der Waals surface area contributed by atoms with E-state index >= 15 is 0 Å². The summed E-state index contributed by atoms with van der Waals surface area (Å²) in [5, 5.41) is 3.19. The van der Waals surface area contributed by atoms with E-state index in [1.165, 1.54) is 32.1 Å². The smallest absolute Gasteiger partial charge is 0.293 e. The minimum absolute atomic E-state index is 0.0105. The van der Waals surface area contributed by atoms with Gasteiger partial charge in [-0.05, 0) is 19.3 Å². The zero-order chi connectivity index (χ0) is 12.8. The van der Waals surface area contributed by atoms with Crippen LogP contribution in [-0.4, -0.2) is 16.1 Å². The number of anilines is 1. The van der Waals surface area contributed by atoms with Crippen molar-refractivity contribution in [1.29, 1.82) is 0 Å². The molecule has 18 heavy (non-hydrogen) atoms. The maximum Gasteiger partial charge on any atom is 0.293 e. The van der Waals surface area contributed by atoms with E-state index in [0.717, 1.165) is 18.9 Å². The molecule has 1 fully saturated rings. The van der Waals surface area contributed by atoms with E-state index in [2.05, 4.69) is 10.3 Å². The molecule has 0 spiro atoms. The Morgan fingerprint density at radius 1 is 1.39 bits per heavy atom. The van der Waals surface area contributed by atoms with Crippen molar-refractivity contribution in [1.82, 2.24) is 9.55 Å². The predicted molar refractivity (Wildman–Crippen MR) is 73.9 cm³/mol. The van der Waals surface area contributed by atoms with Gasteiger partial charge in [0.15, 0.2) is 5.82 Å². The number of aromatic nitrogens is 2. The molecule has 0 aliphatic heterocycles. The molecular formula is C14H23N3O. The zero-order valence-corrected chi connectivity index (χ0v) is 11.2. The van der Waals surface area contributed by atoms with Gasteiger partial charge >= 0.3 is 0 Å². The van der Waals surface area contributed by atoms with Crippen molar-refractivity contribution in [3.05, 3.63) is 22.7 Å². The first-order valence-corrected chi connectivity index (χ1v) is 7.10. The van der Waals surface area contributed by atoms with Crippen LogP contribution >= 0.6 is 0 Å². The molecular weight excluding hydrogens is 226 g/mol. The first kappa shape index (κ1) is 13.1. The molecule has 1 heterocycles. The van der Waals surface area contributed by atoms with Crippen molar-refractivity contribution in [3.8, 4) is 0 Å². The third-order valence-corrected chi connectivity index (χ3v) is 3.82. The molecule has 0 saturated heterocycles. The van der Waals surface area contributed by atoms with E-state index in [0.29, 0.717) is 12.4 Å². The first-order valence-electron chi connectivity index (χ1n) is 7.10. The van der Waals surface area contributed by atoms with Crippen LogP contribution in [0.2, 0.25) is 0 Å². The van der Waals surface area contributed by atoms with E-state index in [1.54, 1.807) is 17.0 Å². The lowest BCUT2D eigenvalue weighted by Gasteiger charge is -2.21. The molecule has 1 aliphatic carbocycles. The monoisotopic (exact) mass is 249 g/mol. The summed E-state index contributed by atoms with van der Waals surface area (Å²) in [6.07, 6.45) is 11.4. The molecule has 1 N–H and O–H groups in total. The summed E-state index contributed by atoms with van der Waals surface area (Å²) in [5.74, 6) is 1.33. The van der Waals surface area contributed by atoms with Crippen molar-refractivity contribution in [2.75, 3.05) is 11.9 Å². The van der Waals surface area contributed by atoms with Crippen LogP contribution in [0.5, 0.6) is 0 Å². The highest BCUT2D eigenvalue weighted by atomic mass is 16.1. The summed E-state index contributed by atoms with van der Waals surface area (Å²) in [7, 11) is 0. The molecule has 0 unspecified atom stereocenters. The van der Waals surface area contributed by atoms with Gasteiger partial charge in [-0.3, -0.25) is 4.79 Å². The second kappa shape index (κ2) is 6.57. The van der Waals surface area contributed by atoms with Gasteiger partial charge in [-0.25, -0.2) is 4.98 Å². The standard InChI is InChI=1S/C14H23N3O/c1-2-17-11-10-16-13(14(17)18)15-9-8-12-6-4-3-5-7-12/h10-12H,2-9H2,1H3,(H,15,16). The van der Waals surface area contributed by atoms with E-state index in [-0.39, 0.29) is 5.56 Å². The van der Waals surface area contributed by atoms with Crippen LogP contribution in [0.25, 0.3) is 0 Å². The lowest BCUT2D eigenvalue weighted by atomic mass is 9.87. The molecule has 0 atom stereocenters. The van der Waals surface area contributed by atoms with E-state index in [4.69, 9.17) is 0 Å². The van der Waals surface area contributed by atoms with Gasteiger partial charge in [0.05, 0.1) is 0 Å². The molecule has 1 aromatic rings. The van der Waals surface area contributed by atoms with E-state index in [1.807, 2.05) is 6.92 Å². The van der Waals surface area contributed by atoms with Crippen LogP contribution in [0.4, 0.5) is 5.82 Å². The fraction of sp³-hybridized carbons (Fsp3) is 0.714. The van der Waals surface area contributed by atoms with Gasteiger partial charge in [0, 0.05) is 25.5 Å². The number of nitrogens with one attached hydrogen (secondary N) is 1. The Kier molecular flexibility index (Phi) is 4.79. The minimum Gasteiger partial charge on any atom is -0.365 e. The third-order valence-electron chi connectivity index (χ3n) is 3.82. The van der Waals surface area contributed by atoms with Gasteiger partial charge in [0.2, 0.25) is 0 Å². The van der Waals surface area contributed by atoms with Crippen LogP contribution in [0.15, 0.2) is 17.2 Å². The van der Waals surface area contributed by atoms with Gasteiger partial charge in [0.25, 0.3) is 5.56 Å². The summed E-state index contributed by atoms with van der Waals surface area (Å²) >= 11 is 0. The van der Waals surface area contributed by atoms with Crippen molar-refractivity contribution < 1.29 is 0 Å². The van der Waals surface area contributed by atoms with E-state index in [9.17, 15) is 4.79 Å². The highest BCUT2D eigenvalue weighted by Crippen LogP contribution is 2.25. The summed E-state index contributed by atoms with van der Waals surface area (Å²) in [6.45, 7) is 3.52. The number of hydrogen-bond donors (Lipinski definition) is 1. The second-order valence-electron chi connectivity index (χ2n) is 5.09. The Morgan fingerprint density at radius 2 is 2.17 bits per heavy atom. The molecule has 0 radical (unpaired) electrons.